The van der Waals surface area contributed by atoms with Crippen LogP contribution in [0.4, 0.5) is 22.7 Å². The Balaban J connectivity index is 1.03. The van der Waals surface area contributed by atoms with Crippen molar-refractivity contribution >= 4 is 66.4 Å². The first kappa shape index (κ1) is 40.4. The predicted molar refractivity (Wildman–Crippen MR) is 204 cm³/mol. The molecule has 8 N–H and O–H groups in total. The number of hydrogen-bond donors (Lipinski definition) is 8. The Hall–Kier alpha value is -6.40. The summed E-state index contributed by atoms with van der Waals surface area (Å²) in [6, 6.07) is 24.2. The highest BCUT2D eigenvalue weighted by Gasteiger charge is 2.18. The number of amides is 4. The fourth-order valence-electron chi connectivity index (χ4n) is 4.55. The van der Waals surface area contributed by atoms with Gasteiger partial charge in [-0.15, -0.1) is 0 Å². The van der Waals surface area contributed by atoms with E-state index in [0.29, 0.717) is 59.6 Å². The van der Waals surface area contributed by atoms with Gasteiger partial charge < -0.3 is 10.6 Å². The van der Waals surface area contributed by atoms with Crippen molar-refractivity contribution in [2.75, 3.05) is 33.4 Å². The molecule has 54 heavy (non-hydrogen) atoms. The minimum atomic E-state index is -3.79. The van der Waals surface area contributed by atoms with Gasteiger partial charge in [0.05, 0.1) is 11.4 Å². The maximum Gasteiger partial charge on any atom is 0.327 e. The van der Waals surface area contributed by atoms with E-state index < -0.39 is 43.7 Å². The highest BCUT2D eigenvalue weighted by Crippen LogP contribution is 2.20. The van der Waals surface area contributed by atoms with Gasteiger partial charge in [-0.25, -0.2) is 16.8 Å². The lowest BCUT2D eigenvalue weighted by atomic mass is 10.2. The molecule has 0 aliphatic heterocycles. The van der Waals surface area contributed by atoms with Crippen LogP contribution < -0.4 is 41.8 Å². The van der Waals surface area contributed by atoms with Crippen LogP contribution in [0.3, 0.4) is 0 Å². The largest absolute Gasteiger partial charge is 0.348 e. The standard InChI is InChI=1S/C36H38N8O8S2/c1-25-7-19-31(20-8-25)53(49,50)43-29-15-11-27(12-16-29)39-41-35(47)33(45)37-23-5-3-4-6-24-38-34(46)36(48)42-40-28-13-17-30(18-14-28)44-54(51,52)32-21-9-26(2)10-22-32/h7-22H,1-6,23-24H2,(H6-2,37,38,39,40,41,42,43,44,45,46,47,48)/p+2. The number of benzene rings is 4. The molecule has 4 aromatic carbocycles. The Morgan fingerprint density at radius 3 is 1.07 bits per heavy atom. The third kappa shape index (κ3) is 12.7. The third-order valence-electron chi connectivity index (χ3n) is 7.47. The molecule has 18 heteroatoms. The third-order valence-corrected chi connectivity index (χ3v) is 10.3. The molecule has 0 aliphatic carbocycles. The van der Waals surface area contributed by atoms with E-state index in [1.54, 1.807) is 24.3 Å². The molecule has 0 aliphatic rings. The van der Waals surface area contributed by atoms with Crippen molar-refractivity contribution in [3.63, 3.8) is 0 Å². The lowest BCUT2D eigenvalue weighted by Crippen LogP contribution is -2.42. The van der Waals surface area contributed by atoms with E-state index in [9.17, 15) is 36.0 Å². The van der Waals surface area contributed by atoms with Crippen LogP contribution in [0.5, 0.6) is 0 Å². The zero-order valence-corrected chi connectivity index (χ0v) is 30.6. The second-order valence-corrected chi connectivity index (χ2v) is 15.1. The summed E-state index contributed by atoms with van der Waals surface area (Å²) in [6.07, 6.45) is 2.53. The van der Waals surface area contributed by atoms with Gasteiger partial charge in [0.15, 0.2) is 0 Å². The lowest BCUT2D eigenvalue weighted by molar-refractivity contribution is -0.138. The van der Waals surface area contributed by atoms with E-state index in [2.05, 4.69) is 55.6 Å². The molecule has 4 rings (SSSR count). The molecule has 4 aromatic rings. The van der Waals surface area contributed by atoms with Gasteiger partial charge in [0.1, 0.15) is 20.9 Å². The van der Waals surface area contributed by atoms with Gasteiger partial charge in [0, 0.05) is 86.8 Å². The Morgan fingerprint density at radius 1 is 0.426 bits per heavy atom. The second kappa shape index (κ2) is 18.9. The van der Waals surface area contributed by atoms with Crippen LogP contribution in [0, 0.1) is 13.8 Å². The summed E-state index contributed by atoms with van der Waals surface area (Å²) in [5, 5.41) is 5.02. The molecule has 0 spiro atoms. The van der Waals surface area contributed by atoms with Crippen LogP contribution >= 0.6 is 0 Å². The average molecular weight is 777 g/mol. The first-order valence-electron chi connectivity index (χ1n) is 16.5. The summed E-state index contributed by atoms with van der Waals surface area (Å²) in [6.45, 7) is 7.95. The number of carbonyl (C=O) groups is 4. The highest BCUT2D eigenvalue weighted by molar-refractivity contribution is 7.93. The molecule has 0 fully saturated rings. The lowest BCUT2D eigenvalue weighted by Gasteiger charge is -2.11. The van der Waals surface area contributed by atoms with E-state index in [-0.39, 0.29) is 22.9 Å². The Kier molecular flexibility index (Phi) is 14.1. The maximum absolute atomic E-state index is 12.5. The zero-order valence-electron chi connectivity index (χ0n) is 29.0. The van der Waals surface area contributed by atoms with Crippen molar-refractivity contribution < 1.29 is 36.0 Å². The molecule has 282 valence electrons. The first-order chi connectivity index (χ1) is 25.7. The SMILES string of the molecule is [CH2+]c1ccc(S(=O)(=O)Nc2ccc(NNC(=O)C(=O)NCCCCCCNC(=O)C(=O)NNc3ccc(NS(=O)(=O)c4ccc([CH2+])cc4)cc3)cc2)cc1. The summed E-state index contributed by atoms with van der Waals surface area (Å²) in [4.78, 5) is 48.7. The summed E-state index contributed by atoms with van der Waals surface area (Å²) in [5.41, 5.74) is 12.5. The van der Waals surface area contributed by atoms with Crippen LogP contribution in [0.15, 0.2) is 107 Å². The molecule has 0 bridgehead atoms. The molecule has 0 aromatic heterocycles. The summed E-state index contributed by atoms with van der Waals surface area (Å²) < 4.78 is 55.1. The topological polar surface area (TPSA) is 233 Å². The maximum atomic E-state index is 12.5. The molecule has 0 saturated heterocycles. The fourth-order valence-corrected chi connectivity index (χ4v) is 6.67. The fraction of sp³-hybridized carbons (Fsp3) is 0.167. The number of carbonyl (C=O) groups excluding carboxylic acids is 4. The Labute approximate surface area is 313 Å². The van der Waals surface area contributed by atoms with Crippen molar-refractivity contribution in [3.8, 4) is 0 Å². The number of rotatable bonds is 17. The summed E-state index contributed by atoms with van der Waals surface area (Å²) >= 11 is 0. The first-order valence-corrected chi connectivity index (χ1v) is 19.5. The number of hydrazine groups is 2. The van der Waals surface area contributed by atoms with Gasteiger partial charge in [-0.05, 0) is 61.4 Å². The molecule has 0 unspecified atom stereocenters. The molecular formula is C36H40N8O8S2+2. The number of anilines is 4. The summed E-state index contributed by atoms with van der Waals surface area (Å²) in [5.74, 6) is -3.52. The van der Waals surface area contributed by atoms with Crippen molar-refractivity contribution in [1.29, 1.82) is 0 Å². The van der Waals surface area contributed by atoms with E-state index in [0.717, 1.165) is 0 Å². The van der Waals surface area contributed by atoms with Crippen molar-refractivity contribution in [3.05, 3.63) is 122 Å². The van der Waals surface area contributed by atoms with Gasteiger partial charge in [-0.1, -0.05) is 12.8 Å². The smallest absolute Gasteiger partial charge is 0.327 e. The van der Waals surface area contributed by atoms with Gasteiger partial charge in [0.2, 0.25) is 0 Å². The average Bonchev–Trinajstić information content (AvgIpc) is 3.15. The van der Waals surface area contributed by atoms with Crippen molar-refractivity contribution in [2.45, 2.75) is 35.5 Å². The monoisotopic (exact) mass is 776 g/mol. The number of unbranched alkanes of at least 4 members (excludes halogenated alkanes) is 3. The molecule has 0 saturated carbocycles. The van der Waals surface area contributed by atoms with E-state index in [1.165, 1.54) is 72.8 Å². The van der Waals surface area contributed by atoms with E-state index in [4.69, 9.17) is 0 Å². The minimum Gasteiger partial charge on any atom is -0.348 e. The quantitative estimate of drug-likeness (QED) is 0.0338. The predicted octanol–water partition coefficient (Wildman–Crippen LogP) is 3.03. The van der Waals surface area contributed by atoms with Crippen molar-refractivity contribution in [2.24, 2.45) is 0 Å². The second-order valence-electron chi connectivity index (χ2n) is 11.7. The van der Waals surface area contributed by atoms with Crippen LogP contribution in [0.1, 0.15) is 36.8 Å². The molecular weight excluding hydrogens is 737 g/mol. The van der Waals surface area contributed by atoms with Gasteiger partial charge in [-0.3, -0.25) is 50.3 Å². The number of hydrogen-bond acceptors (Lipinski definition) is 10. The zero-order chi connectivity index (χ0) is 39.1. The number of sulfonamides is 2. The van der Waals surface area contributed by atoms with Crippen molar-refractivity contribution in [1.82, 2.24) is 21.5 Å². The van der Waals surface area contributed by atoms with Crippen LogP contribution in [0.2, 0.25) is 0 Å². The summed E-state index contributed by atoms with van der Waals surface area (Å²) in [7, 11) is -7.59. The normalized spacial score (nSPS) is 11.0. The molecule has 4 amide bonds. The minimum absolute atomic E-state index is 0.0859. The molecule has 16 nitrogen and oxygen atoms in total. The Morgan fingerprint density at radius 2 is 0.741 bits per heavy atom. The van der Waals surface area contributed by atoms with E-state index in [1.807, 2.05) is 0 Å². The van der Waals surface area contributed by atoms with Gasteiger partial charge >= 0.3 is 23.6 Å². The number of nitrogens with one attached hydrogen (secondary N) is 8. The van der Waals surface area contributed by atoms with E-state index >= 15 is 0 Å². The highest BCUT2D eigenvalue weighted by atomic mass is 32.2. The molecule has 0 radical (unpaired) electrons. The van der Waals surface area contributed by atoms with Gasteiger partial charge in [-0.2, -0.15) is 0 Å². The van der Waals surface area contributed by atoms with Crippen LogP contribution in [-0.2, 0) is 39.2 Å². The molecule has 0 atom stereocenters. The molecule has 0 heterocycles. The van der Waals surface area contributed by atoms with Gasteiger partial charge in [0.25, 0.3) is 20.0 Å². The Bertz CT molecular complexity index is 1970. The van der Waals surface area contributed by atoms with Crippen LogP contribution in [-0.4, -0.2) is 53.6 Å². The van der Waals surface area contributed by atoms with Crippen LogP contribution in [0.25, 0.3) is 0 Å².